The second-order valence-corrected chi connectivity index (χ2v) is 10.5. The average molecular weight is 512 g/mol. The first-order valence-electron chi connectivity index (χ1n) is 11.0. The van der Waals surface area contributed by atoms with E-state index in [1.165, 1.54) is 18.9 Å². The van der Waals surface area contributed by atoms with Crippen LogP contribution in [0.2, 0.25) is 0 Å². The van der Waals surface area contributed by atoms with Crippen LogP contribution in [0.1, 0.15) is 26.3 Å². The molecule has 1 N–H and O–H groups in total. The van der Waals surface area contributed by atoms with Crippen LogP contribution in [0.25, 0.3) is 0 Å². The molecule has 0 aliphatic carbocycles. The zero-order chi connectivity index (χ0) is 26.3. The largest absolute Gasteiger partial charge is 0.497 e. The molecule has 0 fully saturated rings. The molecule has 0 aliphatic rings. The lowest BCUT2D eigenvalue weighted by Gasteiger charge is -2.31. The van der Waals surface area contributed by atoms with Gasteiger partial charge in [-0.1, -0.05) is 26.0 Å². The summed E-state index contributed by atoms with van der Waals surface area (Å²) in [4.78, 5) is 27.4. The second kappa shape index (κ2) is 12.0. The third-order valence-corrected chi connectivity index (χ3v) is 6.35. The highest BCUT2D eigenvalue weighted by Gasteiger charge is 2.30. The number of anilines is 1. The number of sulfonamides is 1. The smallest absolute Gasteiger partial charge is 0.244 e. The summed E-state index contributed by atoms with van der Waals surface area (Å²) in [6, 6.07) is 8.50. The molecule has 8 nitrogen and oxygen atoms in total. The number of methoxy groups -OCH3 is 1. The van der Waals surface area contributed by atoms with Gasteiger partial charge in [0.1, 0.15) is 18.3 Å². The summed E-state index contributed by atoms with van der Waals surface area (Å²) in [6.45, 7) is 5.06. The molecule has 2 aromatic rings. The van der Waals surface area contributed by atoms with Gasteiger partial charge in [0.05, 0.1) is 19.1 Å². The fourth-order valence-corrected chi connectivity index (χ4v) is 4.10. The maximum Gasteiger partial charge on any atom is 0.244 e. The Hall–Kier alpha value is -3.21. The Bertz CT molecular complexity index is 1160. The number of amides is 2. The van der Waals surface area contributed by atoms with Crippen molar-refractivity contribution in [1.82, 2.24) is 10.2 Å². The molecule has 0 saturated carbocycles. The quantitative estimate of drug-likeness (QED) is 0.501. The summed E-state index contributed by atoms with van der Waals surface area (Å²) in [5.41, 5.74) is 0.443. The van der Waals surface area contributed by atoms with E-state index in [4.69, 9.17) is 4.74 Å². The monoisotopic (exact) mass is 511 g/mol. The molecule has 11 heteroatoms. The zero-order valence-corrected chi connectivity index (χ0v) is 21.2. The molecule has 0 radical (unpaired) electrons. The van der Waals surface area contributed by atoms with Crippen molar-refractivity contribution in [1.29, 1.82) is 0 Å². The van der Waals surface area contributed by atoms with E-state index in [0.717, 1.165) is 18.4 Å². The van der Waals surface area contributed by atoms with Crippen LogP contribution in [0.3, 0.4) is 0 Å². The minimum atomic E-state index is -4.05. The molecule has 2 amide bonds. The number of carbonyl (C=O) groups is 2. The van der Waals surface area contributed by atoms with Crippen LogP contribution in [0, 0.1) is 17.6 Å². The van der Waals surface area contributed by atoms with Crippen molar-refractivity contribution < 1.29 is 31.5 Å². The van der Waals surface area contributed by atoms with Gasteiger partial charge in [-0.15, -0.1) is 0 Å². The van der Waals surface area contributed by atoms with Crippen LogP contribution in [-0.4, -0.2) is 57.6 Å². The molecule has 192 valence electrons. The lowest BCUT2D eigenvalue weighted by Crippen LogP contribution is -2.51. The van der Waals surface area contributed by atoms with Crippen molar-refractivity contribution in [3.63, 3.8) is 0 Å². The van der Waals surface area contributed by atoms with Gasteiger partial charge in [0.15, 0.2) is 11.6 Å². The summed E-state index contributed by atoms with van der Waals surface area (Å²) in [5, 5.41) is 2.77. The van der Waals surface area contributed by atoms with Crippen LogP contribution < -0.4 is 14.4 Å². The number of benzene rings is 2. The number of rotatable bonds is 11. The summed E-state index contributed by atoms with van der Waals surface area (Å²) < 4.78 is 58.0. The number of nitrogens with zero attached hydrogens (tertiary/aromatic N) is 2. The molecule has 35 heavy (non-hydrogen) atoms. The van der Waals surface area contributed by atoms with Gasteiger partial charge in [-0.05, 0) is 42.7 Å². The van der Waals surface area contributed by atoms with Crippen LogP contribution in [0.15, 0.2) is 42.5 Å². The first kappa shape index (κ1) is 28.0. The molecular weight excluding hydrogens is 480 g/mol. The highest BCUT2D eigenvalue weighted by Crippen LogP contribution is 2.22. The summed E-state index contributed by atoms with van der Waals surface area (Å²) in [6.07, 6.45) is 0.854. The summed E-state index contributed by atoms with van der Waals surface area (Å²) in [5.74, 6) is -2.78. The predicted octanol–water partition coefficient (Wildman–Crippen LogP) is 2.93. The minimum Gasteiger partial charge on any atom is -0.497 e. The number of hydrogen-bond donors (Lipinski definition) is 1. The fraction of sp³-hybridized carbons (Fsp3) is 0.417. The second-order valence-electron chi connectivity index (χ2n) is 8.56. The number of halogens is 2. The normalized spacial score (nSPS) is 12.2. The standard InChI is InChI=1S/C24H31F2N3O5S/c1-16(2)13-27-24(31)17(3)28(14-18-7-6-8-20(11-18)34-4)23(30)15-29(35(5,32)33)19-9-10-21(25)22(26)12-19/h6-12,16-17H,13-15H2,1-5H3,(H,27,31). The Kier molecular flexibility index (Phi) is 9.58. The topological polar surface area (TPSA) is 96.0 Å². The molecule has 0 heterocycles. The van der Waals surface area contributed by atoms with Crippen LogP contribution in [0.5, 0.6) is 5.75 Å². The molecule has 1 atom stereocenters. The van der Waals surface area contributed by atoms with Gasteiger partial charge < -0.3 is 15.0 Å². The van der Waals surface area contributed by atoms with Gasteiger partial charge in [-0.25, -0.2) is 17.2 Å². The van der Waals surface area contributed by atoms with Crippen molar-refractivity contribution in [2.75, 3.05) is 30.8 Å². The van der Waals surface area contributed by atoms with Crippen molar-refractivity contribution in [3.05, 3.63) is 59.7 Å². The highest BCUT2D eigenvalue weighted by molar-refractivity contribution is 7.92. The van der Waals surface area contributed by atoms with Gasteiger partial charge in [-0.3, -0.25) is 13.9 Å². The van der Waals surface area contributed by atoms with Crippen molar-refractivity contribution >= 4 is 27.5 Å². The number of ether oxygens (including phenoxy) is 1. The van der Waals surface area contributed by atoms with E-state index < -0.39 is 46.1 Å². The molecule has 0 spiro atoms. The lowest BCUT2D eigenvalue weighted by molar-refractivity contribution is -0.139. The molecule has 0 saturated heterocycles. The van der Waals surface area contributed by atoms with E-state index in [9.17, 15) is 26.8 Å². The van der Waals surface area contributed by atoms with Gasteiger partial charge >= 0.3 is 0 Å². The highest BCUT2D eigenvalue weighted by atomic mass is 32.2. The minimum absolute atomic E-state index is 0.0122. The summed E-state index contributed by atoms with van der Waals surface area (Å²) in [7, 11) is -2.56. The fourth-order valence-electron chi connectivity index (χ4n) is 3.26. The molecular formula is C24H31F2N3O5S. The van der Waals surface area contributed by atoms with Crippen LogP contribution >= 0.6 is 0 Å². The molecule has 2 aromatic carbocycles. The van der Waals surface area contributed by atoms with Gasteiger partial charge in [0.25, 0.3) is 0 Å². The maximum absolute atomic E-state index is 13.8. The Labute approximate surface area is 204 Å². The van der Waals surface area contributed by atoms with Crippen molar-refractivity contribution in [3.8, 4) is 5.75 Å². The van der Waals surface area contributed by atoms with Crippen LogP contribution in [0.4, 0.5) is 14.5 Å². The van der Waals surface area contributed by atoms with Gasteiger partial charge in [-0.2, -0.15) is 0 Å². The van der Waals surface area contributed by atoms with Crippen LogP contribution in [-0.2, 0) is 26.2 Å². The predicted molar refractivity (Wildman–Crippen MR) is 129 cm³/mol. The first-order chi connectivity index (χ1) is 16.3. The van der Waals surface area contributed by atoms with E-state index in [1.807, 2.05) is 13.8 Å². The molecule has 0 aromatic heterocycles. The maximum atomic E-state index is 13.8. The molecule has 0 bridgehead atoms. The molecule has 1 unspecified atom stereocenters. The molecule has 0 aliphatic heterocycles. The number of hydrogen-bond acceptors (Lipinski definition) is 5. The zero-order valence-electron chi connectivity index (χ0n) is 20.4. The Morgan fingerprint density at radius 2 is 1.74 bits per heavy atom. The van der Waals surface area contributed by atoms with E-state index in [-0.39, 0.29) is 18.2 Å². The van der Waals surface area contributed by atoms with Crippen molar-refractivity contribution in [2.24, 2.45) is 5.92 Å². The lowest BCUT2D eigenvalue weighted by atomic mass is 10.1. The van der Waals surface area contributed by atoms with Gasteiger partial charge in [0, 0.05) is 19.2 Å². The van der Waals surface area contributed by atoms with E-state index in [0.29, 0.717) is 28.2 Å². The Balaban J connectivity index is 2.40. The molecule has 2 rings (SSSR count). The SMILES string of the molecule is COc1cccc(CN(C(=O)CN(c2ccc(F)c(F)c2)S(C)(=O)=O)C(C)C(=O)NCC(C)C)c1. The average Bonchev–Trinajstić information content (AvgIpc) is 2.80. The Morgan fingerprint density at radius 1 is 1.06 bits per heavy atom. The van der Waals surface area contributed by atoms with E-state index >= 15 is 0 Å². The first-order valence-corrected chi connectivity index (χ1v) is 12.8. The third-order valence-electron chi connectivity index (χ3n) is 5.21. The number of carbonyl (C=O) groups excluding carboxylic acids is 2. The number of nitrogens with one attached hydrogen (secondary N) is 1. The summed E-state index contributed by atoms with van der Waals surface area (Å²) >= 11 is 0. The van der Waals surface area contributed by atoms with Gasteiger partial charge in [0.2, 0.25) is 21.8 Å². The third kappa shape index (κ3) is 7.91. The van der Waals surface area contributed by atoms with E-state index in [1.54, 1.807) is 24.3 Å². The Morgan fingerprint density at radius 3 is 2.31 bits per heavy atom. The van der Waals surface area contributed by atoms with Crippen molar-refractivity contribution in [2.45, 2.75) is 33.4 Å². The van der Waals surface area contributed by atoms with E-state index in [2.05, 4.69) is 5.32 Å².